The van der Waals surface area contributed by atoms with Gasteiger partial charge in [-0.1, -0.05) is 19.9 Å². The lowest BCUT2D eigenvalue weighted by Gasteiger charge is -2.23. The first-order valence-electron chi connectivity index (χ1n) is 5.35. The van der Waals surface area contributed by atoms with Crippen LogP contribution in [0.2, 0.25) is 0 Å². The Balaban J connectivity index is 2.69. The Morgan fingerprint density at radius 3 is 2.69 bits per heavy atom. The first-order chi connectivity index (χ1) is 7.45. The van der Waals surface area contributed by atoms with E-state index >= 15 is 0 Å². The van der Waals surface area contributed by atoms with E-state index in [0.717, 1.165) is 11.2 Å². The van der Waals surface area contributed by atoms with Crippen LogP contribution in [0.15, 0.2) is 18.2 Å². The summed E-state index contributed by atoms with van der Waals surface area (Å²) in [7, 11) is 0. The molecule has 2 nitrogen and oxygen atoms in total. The molecule has 0 saturated carbocycles. The number of aryl methyl sites for hydroxylation is 1. The number of H-pyrrole nitrogens is 1. The highest BCUT2D eigenvalue weighted by Gasteiger charge is 2.24. The minimum absolute atomic E-state index is 0.0706. The summed E-state index contributed by atoms with van der Waals surface area (Å²) in [4.78, 5) is 3.09. The van der Waals surface area contributed by atoms with Crippen molar-refractivity contribution < 1.29 is 9.50 Å². The molecule has 0 atom stereocenters. The van der Waals surface area contributed by atoms with Crippen LogP contribution in [0, 0.1) is 12.7 Å². The lowest BCUT2D eigenvalue weighted by Crippen LogP contribution is -2.23. The molecule has 3 heteroatoms. The Hall–Kier alpha value is -1.35. The molecule has 1 aromatic carbocycles. The zero-order chi connectivity index (χ0) is 11.9. The van der Waals surface area contributed by atoms with Crippen LogP contribution >= 0.6 is 0 Å². The minimum atomic E-state index is -0.552. The molecular weight excluding hydrogens is 205 g/mol. The standard InChI is InChI=1S/C13H16FNO/c1-8-6-9-11(15-8)5-4-10(12(9)14)13(2,3)7-16/h4-6,15-16H,7H2,1-3H3. The fraction of sp³-hybridized carbons (Fsp3) is 0.385. The number of rotatable bonds is 2. The first kappa shape index (κ1) is 11.1. The van der Waals surface area contributed by atoms with Gasteiger partial charge in [0.1, 0.15) is 5.82 Å². The molecule has 2 N–H and O–H groups in total. The Morgan fingerprint density at radius 1 is 1.38 bits per heavy atom. The second-order valence-corrected chi connectivity index (χ2v) is 4.88. The molecule has 1 heterocycles. The van der Waals surface area contributed by atoms with Gasteiger partial charge < -0.3 is 10.1 Å². The first-order valence-corrected chi connectivity index (χ1v) is 5.35. The van der Waals surface area contributed by atoms with E-state index in [1.807, 2.05) is 26.8 Å². The van der Waals surface area contributed by atoms with Crippen LogP contribution < -0.4 is 0 Å². The number of aromatic nitrogens is 1. The third-order valence-corrected chi connectivity index (χ3v) is 3.00. The zero-order valence-electron chi connectivity index (χ0n) is 9.76. The molecule has 2 rings (SSSR count). The summed E-state index contributed by atoms with van der Waals surface area (Å²) in [5.41, 5.74) is 1.74. The molecule has 0 unspecified atom stereocenters. The average molecular weight is 221 g/mol. The number of nitrogens with one attached hydrogen (secondary N) is 1. The molecule has 0 amide bonds. The molecule has 0 aliphatic rings. The predicted molar refractivity (Wildman–Crippen MR) is 63.1 cm³/mol. The topological polar surface area (TPSA) is 36.0 Å². The van der Waals surface area contributed by atoms with Crippen molar-refractivity contribution >= 4 is 10.9 Å². The van der Waals surface area contributed by atoms with Gasteiger partial charge in [-0.05, 0) is 24.6 Å². The van der Waals surface area contributed by atoms with Crippen LogP contribution in [0.4, 0.5) is 4.39 Å². The van der Waals surface area contributed by atoms with Crippen molar-refractivity contribution in [2.24, 2.45) is 0 Å². The monoisotopic (exact) mass is 221 g/mol. The van der Waals surface area contributed by atoms with Gasteiger partial charge in [0.15, 0.2) is 0 Å². The molecule has 0 aliphatic heterocycles. The number of aromatic amines is 1. The van der Waals surface area contributed by atoms with Crippen molar-refractivity contribution in [3.8, 4) is 0 Å². The summed E-state index contributed by atoms with van der Waals surface area (Å²) in [5.74, 6) is -0.235. The van der Waals surface area contributed by atoms with Gasteiger partial charge in [0, 0.05) is 22.0 Å². The van der Waals surface area contributed by atoms with Crippen molar-refractivity contribution in [2.75, 3.05) is 6.61 Å². The second kappa shape index (κ2) is 3.59. The Bertz CT molecular complexity index is 528. The molecule has 0 bridgehead atoms. The van der Waals surface area contributed by atoms with E-state index in [1.54, 1.807) is 12.1 Å². The van der Waals surface area contributed by atoms with Crippen LogP contribution in [0.3, 0.4) is 0 Å². The molecular formula is C13H16FNO. The average Bonchev–Trinajstić information content (AvgIpc) is 2.60. The van der Waals surface area contributed by atoms with E-state index in [4.69, 9.17) is 0 Å². The minimum Gasteiger partial charge on any atom is -0.395 e. The molecule has 1 aromatic heterocycles. The maximum atomic E-state index is 14.2. The maximum absolute atomic E-state index is 14.2. The number of benzene rings is 1. The normalized spacial score (nSPS) is 12.3. The van der Waals surface area contributed by atoms with Gasteiger partial charge in [-0.2, -0.15) is 0 Å². The van der Waals surface area contributed by atoms with E-state index in [1.165, 1.54) is 0 Å². The fourth-order valence-electron chi connectivity index (χ4n) is 1.92. The van der Waals surface area contributed by atoms with Crippen LogP contribution in [-0.2, 0) is 5.41 Å². The van der Waals surface area contributed by atoms with Crippen molar-refractivity contribution in [2.45, 2.75) is 26.2 Å². The fourth-order valence-corrected chi connectivity index (χ4v) is 1.92. The smallest absolute Gasteiger partial charge is 0.136 e. The number of hydrogen-bond acceptors (Lipinski definition) is 1. The lowest BCUT2D eigenvalue weighted by atomic mass is 9.84. The zero-order valence-corrected chi connectivity index (χ0v) is 9.76. The van der Waals surface area contributed by atoms with Gasteiger partial charge in [-0.15, -0.1) is 0 Å². The molecule has 0 fully saturated rings. The van der Waals surface area contributed by atoms with E-state index in [9.17, 15) is 9.50 Å². The van der Waals surface area contributed by atoms with Gasteiger partial charge in [-0.25, -0.2) is 4.39 Å². The Labute approximate surface area is 94.1 Å². The van der Waals surface area contributed by atoms with E-state index in [-0.39, 0.29) is 12.4 Å². The highest BCUT2D eigenvalue weighted by molar-refractivity contribution is 5.82. The molecule has 0 aliphatic carbocycles. The van der Waals surface area contributed by atoms with Crippen molar-refractivity contribution in [1.29, 1.82) is 0 Å². The highest BCUT2D eigenvalue weighted by Crippen LogP contribution is 2.30. The lowest BCUT2D eigenvalue weighted by molar-refractivity contribution is 0.215. The van der Waals surface area contributed by atoms with Crippen molar-refractivity contribution in [1.82, 2.24) is 4.98 Å². The molecule has 16 heavy (non-hydrogen) atoms. The maximum Gasteiger partial charge on any atom is 0.136 e. The molecule has 0 saturated heterocycles. The summed E-state index contributed by atoms with van der Waals surface area (Å²) in [5, 5.41) is 9.87. The number of fused-ring (bicyclic) bond motifs is 1. The summed E-state index contributed by atoms with van der Waals surface area (Å²) >= 11 is 0. The second-order valence-electron chi connectivity index (χ2n) is 4.88. The van der Waals surface area contributed by atoms with Crippen LogP contribution in [0.1, 0.15) is 25.1 Å². The van der Waals surface area contributed by atoms with Crippen LogP contribution in [0.5, 0.6) is 0 Å². The Morgan fingerprint density at radius 2 is 2.06 bits per heavy atom. The molecule has 0 spiro atoms. The largest absolute Gasteiger partial charge is 0.395 e. The van der Waals surface area contributed by atoms with Gasteiger partial charge in [0.2, 0.25) is 0 Å². The van der Waals surface area contributed by atoms with Crippen LogP contribution in [-0.4, -0.2) is 16.7 Å². The number of aliphatic hydroxyl groups is 1. The van der Waals surface area contributed by atoms with Crippen molar-refractivity contribution in [3.63, 3.8) is 0 Å². The molecule has 86 valence electrons. The molecule has 0 radical (unpaired) electrons. The summed E-state index contributed by atoms with van der Waals surface area (Å²) in [6, 6.07) is 5.39. The SMILES string of the molecule is Cc1cc2c(F)c(C(C)(C)CO)ccc2[nH]1. The predicted octanol–water partition coefficient (Wildman–Crippen LogP) is 2.89. The van der Waals surface area contributed by atoms with Gasteiger partial charge >= 0.3 is 0 Å². The van der Waals surface area contributed by atoms with E-state index in [2.05, 4.69) is 4.98 Å². The van der Waals surface area contributed by atoms with Gasteiger partial charge in [0.05, 0.1) is 6.61 Å². The third-order valence-electron chi connectivity index (χ3n) is 3.00. The van der Waals surface area contributed by atoms with Crippen LogP contribution in [0.25, 0.3) is 10.9 Å². The summed E-state index contributed by atoms with van der Waals surface area (Å²) in [6.45, 7) is 5.49. The highest BCUT2D eigenvalue weighted by atomic mass is 19.1. The van der Waals surface area contributed by atoms with Gasteiger partial charge in [-0.3, -0.25) is 0 Å². The third kappa shape index (κ3) is 1.61. The van der Waals surface area contributed by atoms with Gasteiger partial charge in [0.25, 0.3) is 0 Å². The number of halogens is 1. The summed E-state index contributed by atoms with van der Waals surface area (Å²) in [6.07, 6.45) is 0. The number of hydrogen-bond donors (Lipinski definition) is 2. The quantitative estimate of drug-likeness (QED) is 0.803. The number of aliphatic hydroxyl groups excluding tert-OH is 1. The molecule has 2 aromatic rings. The van der Waals surface area contributed by atoms with E-state index in [0.29, 0.717) is 10.9 Å². The summed E-state index contributed by atoms with van der Waals surface area (Å²) < 4.78 is 14.2. The van der Waals surface area contributed by atoms with Crippen molar-refractivity contribution in [3.05, 3.63) is 35.3 Å². The Kier molecular flexibility index (Phi) is 2.50. The van der Waals surface area contributed by atoms with E-state index < -0.39 is 5.41 Å².